The Morgan fingerprint density at radius 2 is 2.06 bits per heavy atom. The minimum Gasteiger partial charge on any atom is -0.411 e. The molecule has 86 valence electrons. The van der Waals surface area contributed by atoms with Gasteiger partial charge in [-0.15, -0.1) is 11.3 Å². The maximum Gasteiger partial charge on any atom is 0.0938 e. The van der Waals surface area contributed by atoms with E-state index >= 15 is 0 Å². The first-order valence-corrected chi connectivity index (χ1v) is 6.96. The van der Waals surface area contributed by atoms with E-state index in [1.165, 1.54) is 37.0 Å². The monoisotopic (exact) mass is 255 g/mol. The molecule has 1 aromatic heterocycles. The van der Waals surface area contributed by atoms with Crippen molar-refractivity contribution in [3.05, 3.63) is 20.8 Å². The number of nitrogens with zero attached hydrogens (tertiary/aromatic N) is 1. The molecule has 0 aliphatic heterocycles. The van der Waals surface area contributed by atoms with E-state index in [4.69, 9.17) is 16.8 Å². The van der Waals surface area contributed by atoms with Gasteiger partial charge in [0.2, 0.25) is 0 Å². The summed E-state index contributed by atoms with van der Waals surface area (Å²) in [6, 6.07) is 1.96. The predicted molar refractivity (Wildman–Crippen MR) is 67.0 cm³/mol. The molecule has 0 saturated heterocycles. The summed E-state index contributed by atoms with van der Waals surface area (Å²) in [6.07, 6.45) is 7.25. The first-order valence-electron chi connectivity index (χ1n) is 5.76. The first kappa shape index (κ1) is 10.6. The summed E-state index contributed by atoms with van der Waals surface area (Å²) < 4.78 is 0.816. The van der Waals surface area contributed by atoms with E-state index in [1.54, 1.807) is 11.3 Å². The fourth-order valence-electron chi connectivity index (χ4n) is 3.19. The Morgan fingerprint density at radius 1 is 1.31 bits per heavy atom. The van der Waals surface area contributed by atoms with Gasteiger partial charge in [0.1, 0.15) is 0 Å². The molecule has 16 heavy (non-hydrogen) atoms. The quantitative estimate of drug-likeness (QED) is 0.547. The topological polar surface area (TPSA) is 32.6 Å². The highest BCUT2D eigenvalue weighted by molar-refractivity contribution is 7.16. The van der Waals surface area contributed by atoms with Crippen LogP contribution in [0, 0.1) is 0 Å². The Morgan fingerprint density at radius 3 is 2.75 bits per heavy atom. The van der Waals surface area contributed by atoms with Crippen LogP contribution in [0.25, 0.3) is 0 Å². The van der Waals surface area contributed by atoms with Crippen molar-refractivity contribution in [2.24, 2.45) is 5.16 Å². The summed E-state index contributed by atoms with van der Waals surface area (Å²) in [5.41, 5.74) is 2.17. The molecule has 1 spiro atoms. The number of rotatable bonds is 0. The second kappa shape index (κ2) is 3.74. The highest BCUT2D eigenvalue weighted by Crippen LogP contribution is 2.52. The van der Waals surface area contributed by atoms with Crippen molar-refractivity contribution >= 4 is 28.6 Å². The standard InChI is InChI=1S/C12H14ClNOS/c13-10-6-8-9(14-15)7-12(11(8)16-10)4-2-1-3-5-12/h6,15H,1-5,7H2/b14-9+. The van der Waals surface area contributed by atoms with Crippen LogP contribution >= 0.6 is 22.9 Å². The number of hydrogen-bond donors (Lipinski definition) is 1. The predicted octanol–water partition coefficient (Wildman–Crippen LogP) is 4.19. The van der Waals surface area contributed by atoms with Crippen LogP contribution in [0.3, 0.4) is 0 Å². The molecule has 1 N–H and O–H groups in total. The van der Waals surface area contributed by atoms with Crippen LogP contribution in [0.15, 0.2) is 11.2 Å². The molecule has 0 radical (unpaired) electrons. The van der Waals surface area contributed by atoms with Gasteiger partial charge in [0.15, 0.2) is 0 Å². The number of halogens is 1. The van der Waals surface area contributed by atoms with Gasteiger partial charge in [-0.25, -0.2) is 0 Å². The third-order valence-corrected chi connectivity index (χ3v) is 5.44. The second-order valence-electron chi connectivity index (χ2n) is 4.86. The van der Waals surface area contributed by atoms with Gasteiger partial charge < -0.3 is 5.21 Å². The lowest BCUT2D eigenvalue weighted by molar-refractivity contribution is 0.300. The smallest absolute Gasteiger partial charge is 0.0938 e. The maximum absolute atomic E-state index is 9.09. The van der Waals surface area contributed by atoms with Gasteiger partial charge in [0.25, 0.3) is 0 Å². The zero-order valence-corrected chi connectivity index (χ0v) is 10.6. The molecule has 0 bridgehead atoms. The average molecular weight is 256 g/mol. The number of fused-ring (bicyclic) bond motifs is 2. The van der Waals surface area contributed by atoms with Crippen molar-refractivity contribution in [2.45, 2.75) is 43.9 Å². The molecule has 2 nitrogen and oxygen atoms in total. The second-order valence-corrected chi connectivity index (χ2v) is 6.54. The molecule has 1 saturated carbocycles. The van der Waals surface area contributed by atoms with E-state index in [9.17, 15) is 0 Å². The van der Waals surface area contributed by atoms with Crippen molar-refractivity contribution < 1.29 is 5.21 Å². The van der Waals surface area contributed by atoms with Crippen molar-refractivity contribution in [3.63, 3.8) is 0 Å². The zero-order chi connectivity index (χ0) is 11.2. The molecular formula is C12H14ClNOS. The van der Waals surface area contributed by atoms with Gasteiger partial charge in [0, 0.05) is 22.3 Å². The van der Waals surface area contributed by atoms with Crippen molar-refractivity contribution in [1.82, 2.24) is 0 Å². The number of thiophene rings is 1. The van der Waals surface area contributed by atoms with E-state index in [2.05, 4.69) is 5.16 Å². The van der Waals surface area contributed by atoms with Gasteiger partial charge in [0.05, 0.1) is 10.0 Å². The molecule has 1 aromatic rings. The summed E-state index contributed by atoms with van der Waals surface area (Å²) in [5.74, 6) is 0. The molecule has 0 atom stereocenters. The van der Waals surface area contributed by atoms with Gasteiger partial charge in [-0.2, -0.15) is 0 Å². The molecule has 4 heteroatoms. The first-order chi connectivity index (χ1) is 7.75. The highest BCUT2D eigenvalue weighted by Gasteiger charge is 2.44. The van der Waals surface area contributed by atoms with Gasteiger partial charge in [-0.05, 0) is 18.9 Å². The maximum atomic E-state index is 9.09. The van der Waals surface area contributed by atoms with E-state index < -0.39 is 0 Å². The van der Waals surface area contributed by atoms with Crippen LogP contribution in [0.2, 0.25) is 4.34 Å². The molecule has 2 aliphatic carbocycles. The number of oxime groups is 1. The third kappa shape index (κ3) is 1.41. The molecular weight excluding hydrogens is 242 g/mol. The van der Waals surface area contributed by atoms with E-state index in [-0.39, 0.29) is 5.41 Å². The van der Waals surface area contributed by atoms with Gasteiger partial charge in [-0.1, -0.05) is 36.0 Å². The lowest BCUT2D eigenvalue weighted by Gasteiger charge is -2.32. The zero-order valence-electron chi connectivity index (χ0n) is 9.00. The minimum atomic E-state index is 0.243. The van der Waals surface area contributed by atoms with Crippen LogP contribution in [0.5, 0.6) is 0 Å². The summed E-state index contributed by atoms with van der Waals surface area (Å²) in [4.78, 5) is 1.37. The SMILES string of the molecule is O/N=C1\CC2(CCCCC2)c2sc(Cl)cc21. The van der Waals surface area contributed by atoms with Gasteiger partial charge in [-0.3, -0.25) is 0 Å². The third-order valence-electron chi connectivity index (χ3n) is 3.93. The molecule has 0 unspecified atom stereocenters. The highest BCUT2D eigenvalue weighted by atomic mass is 35.5. The Hall–Kier alpha value is -0.540. The van der Waals surface area contributed by atoms with Crippen LogP contribution in [-0.4, -0.2) is 10.9 Å². The van der Waals surface area contributed by atoms with Crippen LogP contribution in [-0.2, 0) is 5.41 Å². The van der Waals surface area contributed by atoms with Crippen molar-refractivity contribution in [1.29, 1.82) is 0 Å². The van der Waals surface area contributed by atoms with Gasteiger partial charge >= 0.3 is 0 Å². The summed E-state index contributed by atoms with van der Waals surface area (Å²) in [6.45, 7) is 0. The van der Waals surface area contributed by atoms with Crippen LogP contribution in [0.4, 0.5) is 0 Å². The lowest BCUT2D eigenvalue weighted by atomic mass is 9.73. The van der Waals surface area contributed by atoms with Crippen molar-refractivity contribution in [3.8, 4) is 0 Å². The Kier molecular flexibility index (Phi) is 2.48. The lowest BCUT2D eigenvalue weighted by Crippen LogP contribution is -2.25. The van der Waals surface area contributed by atoms with E-state index in [0.29, 0.717) is 0 Å². The molecule has 1 fully saturated rings. The molecule has 2 aliphatic rings. The Labute approximate surface area is 104 Å². The number of hydrogen-bond acceptors (Lipinski definition) is 3. The normalized spacial score (nSPS) is 25.2. The largest absolute Gasteiger partial charge is 0.411 e. The average Bonchev–Trinajstić information content (AvgIpc) is 2.79. The molecule has 1 heterocycles. The van der Waals surface area contributed by atoms with Crippen LogP contribution < -0.4 is 0 Å². The summed E-state index contributed by atoms with van der Waals surface area (Å²) in [7, 11) is 0. The van der Waals surface area contributed by atoms with Crippen LogP contribution in [0.1, 0.15) is 49.0 Å². The molecule has 0 aromatic carbocycles. The van der Waals surface area contributed by atoms with E-state index in [1.807, 2.05) is 6.07 Å². The fraction of sp³-hybridized carbons (Fsp3) is 0.583. The Bertz CT molecular complexity index is 446. The summed E-state index contributed by atoms with van der Waals surface area (Å²) >= 11 is 7.76. The Balaban J connectivity index is 2.10. The minimum absolute atomic E-state index is 0.243. The van der Waals surface area contributed by atoms with E-state index in [0.717, 1.165) is 22.0 Å². The molecule has 3 rings (SSSR count). The fourth-order valence-corrected chi connectivity index (χ4v) is 4.68. The summed E-state index contributed by atoms with van der Waals surface area (Å²) in [5, 5.41) is 12.5. The van der Waals surface area contributed by atoms with Crippen molar-refractivity contribution in [2.75, 3.05) is 0 Å². The molecule has 0 amide bonds.